The normalized spacial score (nSPS) is 10.2. The van der Waals surface area contributed by atoms with E-state index in [-0.39, 0.29) is 6.42 Å². The van der Waals surface area contributed by atoms with E-state index in [1.807, 2.05) is 6.07 Å². The van der Waals surface area contributed by atoms with Gasteiger partial charge in [0.1, 0.15) is 0 Å². The number of hydrogen-bond donors (Lipinski definition) is 0. The van der Waals surface area contributed by atoms with Gasteiger partial charge >= 0.3 is 6.18 Å². The van der Waals surface area contributed by atoms with Crippen molar-refractivity contribution in [1.82, 2.24) is 0 Å². The molecule has 0 aliphatic carbocycles. The molecule has 0 N–H and O–H groups in total. The third-order valence-electron chi connectivity index (χ3n) is 1.94. The van der Waals surface area contributed by atoms with Crippen molar-refractivity contribution < 1.29 is 13.2 Å². The molecule has 1 nitrogen and oxygen atoms in total. The van der Waals surface area contributed by atoms with Crippen LogP contribution in [0, 0.1) is 30.1 Å². The molecule has 4 heteroatoms. The Morgan fingerprint density at radius 2 is 2.00 bits per heavy atom. The zero-order chi connectivity index (χ0) is 12.2. The number of hydrogen-bond acceptors (Lipinski definition) is 1. The van der Waals surface area contributed by atoms with E-state index in [0.29, 0.717) is 11.1 Å². The molecule has 1 aromatic carbocycles. The fourth-order valence-electron chi connectivity index (χ4n) is 1.16. The van der Waals surface area contributed by atoms with E-state index in [2.05, 4.69) is 11.8 Å². The second-order valence-corrected chi connectivity index (χ2v) is 3.16. The molecule has 0 aliphatic heterocycles. The highest BCUT2D eigenvalue weighted by Gasteiger charge is 2.30. The Morgan fingerprint density at radius 3 is 2.50 bits per heavy atom. The van der Waals surface area contributed by atoms with Crippen molar-refractivity contribution >= 4 is 0 Å². The number of nitrogens with zero attached hydrogens (tertiary/aromatic N) is 1. The van der Waals surface area contributed by atoms with Crippen molar-refractivity contribution in [3.05, 3.63) is 34.9 Å². The summed E-state index contributed by atoms with van der Waals surface area (Å²) < 4.78 is 37.0. The predicted molar refractivity (Wildman–Crippen MR) is 53.3 cm³/mol. The van der Waals surface area contributed by atoms with Gasteiger partial charge in [-0.25, -0.2) is 0 Å². The third kappa shape index (κ3) is 3.03. The van der Waals surface area contributed by atoms with Gasteiger partial charge in [0.05, 0.1) is 18.1 Å². The van der Waals surface area contributed by atoms with Crippen LogP contribution in [0.5, 0.6) is 0 Å². The van der Waals surface area contributed by atoms with Crippen LogP contribution in [0.15, 0.2) is 18.2 Å². The second kappa shape index (κ2) is 4.72. The zero-order valence-corrected chi connectivity index (χ0v) is 8.52. The summed E-state index contributed by atoms with van der Waals surface area (Å²) in [5, 5.41) is 8.26. The Labute approximate surface area is 91.5 Å². The van der Waals surface area contributed by atoms with Crippen LogP contribution in [0.25, 0.3) is 0 Å². The quantitative estimate of drug-likeness (QED) is 0.619. The smallest absolute Gasteiger partial charge is 0.197 e. The fourth-order valence-corrected chi connectivity index (χ4v) is 1.16. The molecule has 16 heavy (non-hydrogen) atoms. The van der Waals surface area contributed by atoms with Crippen molar-refractivity contribution in [2.24, 2.45) is 0 Å². The Hall–Kier alpha value is -1.94. The maximum Gasteiger partial charge on any atom is 0.416 e. The van der Waals surface area contributed by atoms with Crippen molar-refractivity contribution in [1.29, 1.82) is 5.26 Å². The van der Waals surface area contributed by atoms with Crippen LogP contribution < -0.4 is 0 Å². The van der Waals surface area contributed by atoms with E-state index >= 15 is 0 Å². The lowest BCUT2D eigenvalue weighted by atomic mass is 10.1. The molecule has 0 aromatic heterocycles. The second-order valence-electron chi connectivity index (χ2n) is 3.16. The van der Waals surface area contributed by atoms with Crippen molar-refractivity contribution in [3.8, 4) is 17.9 Å². The van der Waals surface area contributed by atoms with Crippen molar-refractivity contribution in [2.45, 2.75) is 19.5 Å². The van der Waals surface area contributed by atoms with Gasteiger partial charge in [0.2, 0.25) is 0 Å². The maximum atomic E-state index is 12.3. The van der Waals surface area contributed by atoms with Crippen LogP contribution in [-0.4, -0.2) is 0 Å². The Morgan fingerprint density at radius 1 is 1.31 bits per heavy atom. The van der Waals surface area contributed by atoms with Crippen LogP contribution in [0.3, 0.4) is 0 Å². The van der Waals surface area contributed by atoms with Gasteiger partial charge in [-0.15, -0.1) is 0 Å². The Balaban J connectivity index is 3.03. The molecule has 0 aliphatic rings. The lowest BCUT2D eigenvalue weighted by molar-refractivity contribution is -0.137. The first-order valence-electron chi connectivity index (χ1n) is 4.49. The van der Waals surface area contributed by atoms with Gasteiger partial charge in [-0.2, -0.15) is 18.4 Å². The number of halogens is 3. The molecule has 0 heterocycles. The summed E-state index contributed by atoms with van der Waals surface area (Å²) in [4.78, 5) is 0. The topological polar surface area (TPSA) is 23.8 Å². The summed E-state index contributed by atoms with van der Waals surface area (Å²) >= 11 is 0. The monoisotopic (exact) mass is 223 g/mol. The molecule has 0 radical (unpaired) electrons. The fraction of sp³-hybridized carbons (Fsp3) is 0.250. The maximum absolute atomic E-state index is 12.3. The largest absolute Gasteiger partial charge is 0.416 e. The van der Waals surface area contributed by atoms with Gasteiger partial charge in [0, 0.05) is 5.56 Å². The number of rotatable bonds is 0. The molecule has 0 unspecified atom stereocenters. The predicted octanol–water partition coefficient (Wildman–Crippen LogP) is 3.28. The summed E-state index contributed by atoms with van der Waals surface area (Å²) in [6, 6.07) is 5.20. The number of benzene rings is 1. The van der Waals surface area contributed by atoms with E-state index in [9.17, 15) is 13.2 Å². The first kappa shape index (κ1) is 12.1. The molecule has 0 saturated heterocycles. The van der Waals surface area contributed by atoms with E-state index < -0.39 is 11.7 Å². The summed E-state index contributed by atoms with van der Waals surface area (Å²) in [6.45, 7) is 1.56. The highest BCUT2D eigenvalue weighted by Crippen LogP contribution is 2.30. The van der Waals surface area contributed by atoms with Gasteiger partial charge in [-0.05, 0) is 30.7 Å². The van der Waals surface area contributed by atoms with Crippen LogP contribution >= 0.6 is 0 Å². The van der Waals surface area contributed by atoms with Crippen LogP contribution in [0.2, 0.25) is 0 Å². The van der Waals surface area contributed by atoms with Gasteiger partial charge in [0.25, 0.3) is 0 Å². The number of aryl methyl sites for hydroxylation is 1. The third-order valence-corrected chi connectivity index (χ3v) is 1.94. The minimum absolute atomic E-state index is 0.0699. The first-order valence-corrected chi connectivity index (χ1v) is 4.49. The van der Waals surface area contributed by atoms with Crippen LogP contribution in [0.1, 0.15) is 23.1 Å². The van der Waals surface area contributed by atoms with Crippen molar-refractivity contribution in [3.63, 3.8) is 0 Å². The molecule has 1 rings (SSSR count). The molecule has 82 valence electrons. The van der Waals surface area contributed by atoms with E-state index in [1.54, 1.807) is 6.92 Å². The van der Waals surface area contributed by atoms with E-state index in [0.717, 1.165) is 12.1 Å². The van der Waals surface area contributed by atoms with E-state index in [4.69, 9.17) is 5.26 Å². The average Bonchev–Trinajstić information content (AvgIpc) is 2.19. The van der Waals surface area contributed by atoms with Gasteiger partial charge in [-0.3, -0.25) is 0 Å². The minimum Gasteiger partial charge on any atom is -0.197 e. The zero-order valence-electron chi connectivity index (χ0n) is 8.52. The number of nitriles is 1. The number of alkyl halides is 3. The van der Waals surface area contributed by atoms with Crippen LogP contribution in [0.4, 0.5) is 13.2 Å². The van der Waals surface area contributed by atoms with Gasteiger partial charge in [0.15, 0.2) is 0 Å². The van der Waals surface area contributed by atoms with Crippen LogP contribution in [-0.2, 0) is 6.18 Å². The lowest BCUT2D eigenvalue weighted by Gasteiger charge is -2.07. The van der Waals surface area contributed by atoms with Gasteiger partial charge in [-0.1, -0.05) is 11.8 Å². The molecular formula is C12H8F3N. The average molecular weight is 223 g/mol. The highest BCUT2D eigenvalue weighted by molar-refractivity contribution is 5.43. The summed E-state index contributed by atoms with van der Waals surface area (Å²) in [6.07, 6.45) is -4.26. The summed E-state index contributed by atoms with van der Waals surface area (Å²) in [7, 11) is 0. The van der Waals surface area contributed by atoms with E-state index in [1.165, 1.54) is 6.07 Å². The molecule has 0 atom stereocenters. The summed E-state index contributed by atoms with van der Waals surface area (Å²) in [5.41, 5.74) is 0.291. The standard InChI is InChI=1S/C12H8F3N/c1-9-8-11(12(13,14)15)6-5-10(9)4-2-3-7-16/h5-6,8H,3H2,1H3. The SMILES string of the molecule is Cc1cc(C(F)(F)F)ccc1C#CCC#N. The molecular weight excluding hydrogens is 215 g/mol. The lowest BCUT2D eigenvalue weighted by Crippen LogP contribution is -2.05. The van der Waals surface area contributed by atoms with Crippen molar-refractivity contribution in [2.75, 3.05) is 0 Å². The highest BCUT2D eigenvalue weighted by atomic mass is 19.4. The molecule has 1 aromatic rings. The van der Waals surface area contributed by atoms with Gasteiger partial charge < -0.3 is 0 Å². The molecule has 0 saturated carbocycles. The molecule has 0 bridgehead atoms. The first-order chi connectivity index (χ1) is 7.45. The molecule has 0 spiro atoms. The minimum atomic E-state index is -4.33. The Kier molecular flexibility index (Phi) is 3.58. The molecule has 0 fully saturated rings. The molecule has 0 amide bonds. The Bertz CT molecular complexity index is 484. The summed E-state index contributed by atoms with van der Waals surface area (Å²) in [5.74, 6) is 5.21.